The zero-order valence-electron chi connectivity index (χ0n) is 10.5. The van der Waals surface area contributed by atoms with Crippen LogP contribution in [0.15, 0.2) is 6.20 Å². The molecule has 0 aromatic carbocycles. The molecule has 17 heavy (non-hydrogen) atoms. The number of aromatic nitrogens is 3. The number of halogens is 1. The third kappa shape index (κ3) is 3.68. The Kier molecular flexibility index (Phi) is 4.80. The molecule has 4 nitrogen and oxygen atoms in total. The van der Waals surface area contributed by atoms with Crippen molar-refractivity contribution in [3.8, 4) is 0 Å². The average Bonchev–Trinajstić information content (AvgIpc) is 2.75. The van der Waals surface area contributed by atoms with E-state index in [-0.39, 0.29) is 0 Å². The number of hydrogen-bond acceptors (Lipinski definition) is 3. The van der Waals surface area contributed by atoms with Gasteiger partial charge in [-0.1, -0.05) is 24.5 Å². The largest absolute Gasteiger partial charge is 0.293 e. The minimum absolute atomic E-state index is 0.685. The Morgan fingerprint density at radius 2 is 2.18 bits per heavy atom. The molecule has 0 atom stereocenters. The van der Waals surface area contributed by atoms with Crippen molar-refractivity contribution in [2.45, 2.75) is 44.7 Å². The van der Waals surface area contributed by atoms with E-state index < -0.39 is 0 Å². The molecule has 0 N–H and O–H groups in total. The molecule has 1 heterocycles. The molecule has 0 bridgehead atoms. The summed E-state index contributed by atoms with van der Waals surface area (Å²) in [7, 11) is 1.91. The van der Waals surface area contributed by atoms with Crippen molar-refractivity contribution in [1.29, 1.82) is 0 Å². The van der Waals surface area contributed by atoms with E-state index in [1.54, 1.807) is 4.68 Å². The summed E-state index contributed by atoms with van der Waals surface area (Å²) in [5.74, 6) is 0.691. The fraction of sp³-hybridized carbons (Fsp3) is 0.833. The van der Waals surface area contributed by atoms with Crippen LogP contribution in [0.4, 0.5) is 0 Å². The zero-order valence-corrected chi connectivity index (χ0v) is 11.2. The highest BCUT2D eigenvalue weighted by Gasteiger charge is 2.21. The van der Waals surface area contributed by atoms with Crippen LogP contribution in [0, 0.1) is 0 Å². The van der Waals surface area contributed by atoms with Gasteiger partial charge in [-0.15, -0.1) is 16.7 Å². The van der Waals surface area contributed by atoms with Crippen LogP contribution in [0.2, 0.25) is 0 Å². The van der Waals surface area contributed by atoms with E-state index >= 15 is 0 Å². The van der Waals surface area contributed by atoms with E-state index in [1.807, 2.05) is 13.2 Å². The highest BCUT2D eigenvalue weighted by molar-refractivity contribution is 6.18. The lowest BCUT2D eigenvalue weighted by molar-refractivity contribution is 0.155. The number of alkyl halides is 1. The summed E-state index contributed by atoms with van der Waals surface area (Å²) < 4.78 is 1.76. The van der Waals surface area contributed by atoms with Crippen LogP contribution >= 0.6 is 11.6 Å². The van der Waals surface area contributed by atoms with E-state index in [1.165, 1.54) is 32.1 Å². The van der Waals surface area contributed by atoms with Gasteiger partial charge >= 0.3 is 0 Å². The van der Waals surface area contributed by atoms with Crippen molar-refractivity contribution in [3.63, 3.8) is 0 Å². The van der Waals surface area contributed by atoms with E-state index in [0.717, 1.165) is 18.8 Å². The maximum atomic E-state index is 5.90. The van der Waals surface area contributed by atoms with Crippen LogP contribution in [-0.2, 0) is 13.6 Å². The molecule has 1 aliphatic rings. The molecule has 96 valence electrons. The lowest BCUT2D eigenvalue weighted by atomic mass is 9.94. The van der Waals surface area contributed by atoms with Gasteiger partial charge in [-0.05, 0) is 12.8 Å². The average molecular weight is 257 g/mol. The first-order valence-electron chi connectivity index (χ1n) is 6.45. The lowest BCUT2D eigenvalue weighted by Gasteiger charge is -2.33. The maximum absolute atomic E-state index is 5.90. The summed E-state index contributed by atoms with van der Waals surface area (Å²) in [5.41, 5.74) is 1.04. The first-order valence-corrected chi connectivity index (χ1v) is 6.98. The van der Waals surface area contributed by atoms with E-state index in [4.69, 9.17) is 11.6 Å². The molecule has 1 saturated carbocycles. The van der Waals surface area contributed by atoms with Crippen LogP contribution in [0.1, 0.15) is 37.8 Å². The van der Waals surface area contributed by atoms with Gasteiger partial charge in [-0.3, -0.25) is 9.58 Å². The zero-order chi connectivity index (χ0) is 12.1. The van der Waals surface area contributed by atoms with Gasteiger partial charge in [-0.2, -0.15) is 0 Å². The maximum Gasteiger partial charge on any atom is 0.0967 e. The topological polar surface area (TPSA) is 34.0 Å². The second-order valence-corrected chi connectivity index (χ2v) is 5.21. The SMILES string of the molecule is Cn1cc(CN(CCCl)C2CCCCC2)nn1. The summed E-state index contributed by atoms with van der Waals surface area (Å²) >= 11 is 5.90. The Hall–Kier alpha value is -0.610. The molecule has 0 spiro atoms. The Bertz CT molecular complexity index is 333. The highest BCUT2D eigenvalue weighted by Crippen LogP contribution is 2.23. The van der Waals surface area contributed by atoms with Gasteiger partial charge in [0.15, 0.2) is 0 Å². The summed E-state index contributed by atoms with van der Waals surface area (Å²) in [6.45, 7) is 1.83. The second kappa shape index (κ2) is 6.36. The molecule has 1 aromatic heterocycles. The van der Waals surface area contributed by atoms with Gasteiger partial charge in [0.25, 0.3) is 0 Å². The molecule has 1 aliphatic carbocycles. The summed E-state index contributed by atoms with van der Waals surface area (Å²) in [5, 5.41) is 8.14. The summed E-state index contributed by atoms with van der Waals surface area (Å²) in [6.07, 6.45) is 8.68. The Morgan fingerprint density at radius 3 is 2.76 bits per heavy atom. The van der Waals surface area contributed by atoms with Crippen molar-refractivity contribution in [2.75, 3.05) is 12.4 Å². The molecule has 0 radical (unpaired) electrons. The van der Waals surface area contributed by atoms with Crippen molar-refractivity contribution < 1.29 is 0 Å². The van der Waals surface area contributed by atoms with Gasteiger partial charge in [0, 0.05) is 38.3 Å². The fourth-order valence-corrected chi connectivity index (χ4v) is 2.84. The van der Waals surface area contributed by atoms with Crippen LogP contribution < -0.4 is 0 Å². The molecule has 2 rings (SSSR count). The minimum Gasteiger partial charge on any atom is -0.293 e. The molecule has 0 amide bonds. The van der Waals surface area contributed by atoms with E-state index in [0.29, 0.717) is 11.9 Å². The first-order chi connectivity index (χ1) is 8.29. The van der Waals surface area contributed by atoms with Crippen LogP contribution in [-0.4, -0.2) is 38.4 Å². The molecular weight excluding hydrogens is 236 g/mol. The molecule has 0 aliphatic heterocycles. The number of hydrogen-bond donors (Lipinski definition) is 0. The predicted molar refractivity (Wildman–Crippen MR) is 69.0 cm³/mol. The Morgan fingerprint density at radius 1 is 1.41 bits per heavy atom. The van der Waals surface area contributed by atoms with Crippen LogP contribution in [0.5, 0.6) is 0 Å². The predicted octanol–water partition coefficient (Wildman–Crippen LogP) is 2.19. The Labute approximate surface area is 108 Å². The first kappa shape index (κ1) is 12.8. The highest BCUT2D eigenvalue weighted by atomic mass is 35.5. The third-order valence-corrected chi connectivity index (χ3v) is 3.65. The van der Waals surface area contributed by atoms with Crippen molar-refractivity contribution >= 4 is 11.6 Å². The van der Waals surface area contributed by atoms with E-state index in [9.17, 15) is 0 Å². The molecular formula is C12H21ClN4. The minimum atomic E-state index is 0.685. The quantitative estimate of drug-likeness (QED) is 0.758. The fourth-order valence-electron chi connectivity index (χ4n) is 2.62. The Balaban J connectivity index is 1.95. The van der Waals surface area contributed by atoms with Gasteiger partial charge in [0.05, 0.1) is 5.69 Å². The molecule has 1 aromatic rings. The van der Waals surface area contributed by atoms with Crippen LogP contribution in [0.3, 0.4) is 0 Å². The molecule has 1 fully saturated rings. The number of nitrogens with zero attached hydrogens (tertiary/aromatic N) is 4. The van der Waals surface area contributed by atoms with E-state index in [2.05, 4.69) is 15.2 Å². The third-order valence-electron chi connectivity index (χ3n) is 3.48. The number of rotatable bonds is 5. The summed E-state index contributed by atoms with van der Waals surface area (Å²) in [4.78, 5) is 2.47. The normalized spacial score (nSPS) is 17.8. The lowest BCUT2D eigenvalue weighted by Crippen LogP contribution is -2.37. The number of aryl methyl sites for hydroxylation is 1. The molecule has 0 unspecified atom stereocenters. The molecule has 5 heteroatoms. The summed E-state index contributed by atoms with van der Waals surface area (Å²) in [6, 6.07) is 0.685. The smallest absolute Gasteiger partial charge is 0.0967 e. The van der Waals surface area contributed by atoms with Gasteiger partial charge < -0.3 is 0 Å². The second-order valence-electron chi connectivity index (χ2n) is 4.83. The van der Waals surface area contributed by atoms with Gasteiger partial charge in [-0.25, -0.2) is 0 Å². The standard InChI is InChI=1S/C12H21ClN4/c1-16-9-11(14-15-16)10-17(8-7-13)12-5-3-2-4-6-12/h9,12H,2-8,10H2,1H3. The van der Waals surface area contributed by atoms with Crippen molar-refractivity contribution in [1.82, 2.24) is 19.9 Å². The van der Waals surface area contributed by atoms with Crippen molar-refractivity contribution in [3.05, 3.63) is 11.9 Å². The van der Waals surface area contributed by atoms with Crippen molar-refractivity contribution in [2.24, 2.45) is 7.05 Å². The molecule has 0 saturated heterocycles. The van der Waals surface area contributed by atoms with Crippen LogP contribution in [0.25, 0.3) is 0 Å². The van der Waals surface area contributed by atoms with Gasteiger partial charge in [0.1, 0.15) is 0 Å². The monoisotopic (exact) mass is 256 g/mol. The van der Waals surface area contributed by atoms with Gasteiger partial charge in [0.2, 0.25) is 0 Å².